The molecular formula is C22H23N3OS. The first-order chi connectivity index (χ1) is 13.1. The Labute approximate surface area is 164 Å². The lowest BCUT2D eigenvalue weighted by Gasteiger charge is -2.12. The van der Waals surface area contributed by atoms with Crippen LogP contribution in [0.15, 0.2) is 71.9 Å². The number of aromatic nitrogens is 2. The lowest BCUT2D eigenvalue weighted by Crippen LogP contribution is -2.32. The molecule has 4 nitrogen and oxygen atoms in total. The van der Waals surface area contributed by atoms with Crippen molar-refractivity contribution in [2.24, 2.45) is 0 Å². The normalized spacial score (nSPS) is 11.8. The van der Waals surface area contributed by atoms with Gasteiger partial charge in [-0.15, -0.1) is 0 Å². The molecule has 0 bridgehead atoms. The summed E-state index contributed by atoms with van der Waals surface area (Å²) >= 11 is 1.39. The summed E-state index contributed by atoms with van der Waals surface area (Å²) in [4.78, 5) is 21.5. The van der Waals surface area contributed by atoms with Crippen molar-refractivity contribution in [1.82, 2.24) is 15.3 Å². The Morgan fingerprint density at radius 3 is 2.41 bits per heavy atom. The van der Waals surface area contributed by atoms with Crippen LogP contribution in [0.2, 0.25) is 0 Å². The Hall–Kier alpha value is -2.66. The third-order valence-electron chi connectivity index (χ3n) is 4.11. The average molecular weight is 378 g/mol. The summed E-state index contributed by atoms with van der Waals surface area (Å²) in [5.41, 5.74) is 4.03. The van der Waals surface area contributed by atoms with Gasteiger partial charge in [0.05, 0.1) is 10.9 Å². The number of amides is 1. The summed E-state index contributed by atoms with van der Waals surface area (Å²) in [6, 6.07) is 22.1. The number of hydrogen-bond acceptors (Lipinski definition) is 4. The highest BCUT2D eigenvalue weighted by Crippen LogP contribution is 2.24. The van der Waals surface area contributed by atoms with Crippen molar-refractivity contribution >= 4 is 17.7 Å². The highest BCUT2D eigenvalue weighted by Gasteiger charge is 2.16. The number of benzene rings is 2. The number of hydrogen-bond donors (Lipinski definition) is 1. The number of carbonyl (C=O) groups is 1. The molecule has 0 saturated heterocycles. The van der Waals surface area contributed by atoms with E-state index in [0.29, 0.717) is 11.7 Å². The van der Waals surface area contributed by atoms with E-state index in [-0.39, 0.29) is 11.2 Å². The smallest absolute Gasteiger partial charge is 0.233 e. The first kappa shape index (κ1) is 19.1. The molecule has 0 saturated carbocycles. The Bertz CT molecular complexity index is 885. The van der Waals surface area contributed by atoms with Crippen molar-refractivity contribution in [2.45, 2.75) is 30.7 Å². The minimum Gasteiger partial charge on any atom is -0.355 e. The van der Waals surface area contributed by atoms with Crippen molar-refractivity contribution in [2.75, 3.05) is 6.54 Å². The molecule has 1 atom stereocenters. The Morgan fingerprint density at radius 2 is 1.70 bits per heavy atom. The molecule has 0 unspecified atom stereocenters. The maximum absolute atomic E-state index is 12.4. The minimum atomic E-state index is -0.258. The van der Waals surface area contributed by atoms with Gasteiger partial charge < -0.3 is 5.32 Å². The fourth-order valence-corrected chi connectivity index (χ4v) is 3.54. The zero-order valence-corrected chi connectivity index (χ0v) is 16.4. The number of aryl methyl sites for hydroxylation is 1. The second kappa shape index (κ2) is 9.33. The molecule has 0 aliphatic rings. The van der Waals surface area contributed by atoms with Crippen LogP contribution in [0.1, 0.15) is 18.2 Å². The Balaban J connectivity index is 1.59. The van der Waals surface area contributed by atoms with Gasteiger partial charge in [-0.2, -0.15) is 0 Å². The summed E-state index contributed by atoms with van der Waals surface area (Å²) < 4.78 is 0. The van der Waals surface area contributed by atoms with E-state index in [1.165, 1.54) is 17.3 Å². The van der Waals surface area contributed by atoms with Gasteiger partial charge in [0, 0.05) is 17.8 Å². The van der Waals surface area contributed by atoms with Crippen molar-refractivity contribution in [3.63, 3.8) is 0 Å². The van der Waals surface area contributed by atoms with Gasteiger partial charge in [-0.3, -0.25) is 4.79 Å². The van der Waals surface area contributed by atoms with Crippen LogP contribution in [0.5, 0.6) is 0 Å². The molecule has 1 amide bonds. The van der Waals surface area contributed by atoms with E-state index in [1.54, 1.807) is 0 Å². The van der Waals surface area contributed by atoms with E-state index < -0.39 is 0 Å². The topological polar surface area (TPSA) is 54.9 Å². The van der Waals surface area contributed by atoms with E-state index in [1.807, 2.05) is 68.4 Å². The van der Waals surface area contributed by atoms with E-state index in [4.69, 9.17) is 0 Å². The van der Waals surface area contributed by atoms with E-state index in [0.717, 1.165) is 23.4 Å². The maximum Gasteiger partial charge on any atom is 0.233 e. The van der Waals surface area contributed by atoms with Gasteiger partial charge in [0.15, 0.2) is 5.16 Å². The van der Waals surface area contributed by atoms with Crippen LogP contribution in [0.4, 0.5) is 0 Å². The second-order valence-electron chi connectivity index (χ2n) is 6.33. The molecule has 1 heterocycles. The summed E-state index contributed by atoms with van der Waals surface area (Å²) in [6.45, 7) is 4.46. The molecule has 3 aromatic rings. The minimum absolute atomic E-state index is 0.00213. The van der Waals surface area contributed by atoms with Crippen molar-refractivity contribution in [3.05, 3.63) is 78.0 Å². The quantitative estimate of drug-likeness (QED) is 0.493. The molecule has 3 rings (SSSR count). The van der Waals surface area contributed by atoms with Crippen LogP contribution >= 0.6 is 11.8 Å². The Kier molecular flexibility index (Phi) is 6.60. The number of thioether (sulfide) groups is 1. The number of nitrogens with one attached hydrogen (secondary N) is 1. The molecular weight excluding hydrogens is 354 g/mol. The van der Waals surface area contributed by atoms with E-state index in [2.05, 4.69) is 27.4 Å². The van der Waals surface area contributed by atoms with E-state index >= 15 is 0 Å². The molecule has 0 aliphatic heterocycles. The first-order valence-electron chi connectivity index (χ1n) is 9.01. The fraction of sp³-hybridized carbons (Fsp3) is 0.227. The largest absolute Gasteiger partial charge is 0.355 e. The SMILES string of the molecule is Cc1cc(-c2ccccc2)nc(S[C@@H](C)C(=O)NCCc2ccccc2)n1. The summed E-state index contributed by atoms with van der Waals surface area (Å²) in [5, 5.41) is 3.36. The standard InChI is InChI=1S/C22H23N3OS/c1-16-15-20(19-11-7-4-8-12-19)25-22(24-16)27-17(2)21(26)23-14-13-18-9-5-3-6-10-18/h3-12,15,17H,13-14H2,1-2H3,(H,23,26)/t17-/m0/s1. The van der Waals surface area contributed by atoms with Gasteiger partial charge in [-0.25, -0.2) is 9.97 Å². The predicted molar refractivity (Wildman–Crippen MR) is 111 cm³/mol. The van der Waals surface area contributed by atoms with Crippen LogP contribution in [0.25, 0.3) is 11.3 Å². The summed E-state index contributed by atoms with van der Waals surface area (Å²) in [5.74, 6) is 0.00213. The van der Waals surface area contributed by atoms with Crippen molar-refractivity contribution in [3.8, 4) is 11.3 Å². The third kappa shape index (κ3) is 5.66. The van der Waals surface area contributed by atoms with Crippen LogP contribution in [0.3, 0.4) is 0 Å². The van der Waals surface area contributed by atoms with Crippen molar-refractivity contribution in [1.29, 1.82) is 0 Å². The molecule has 1 N–H and O–H groups in total. The average Bonchev–Trinajstić information content (AvgIpc) is 2.69. The number of carbonyl (C=O) groups excluding carboxylic acids is 1. The molecule has 2 aromatic carbocycles. The van der Waals surface area contributed by atoms with Gasteiger partial charge in [0.2, 0.25) is 5.91 Å². The molecule has 1 aromatic heterocycles. The highest BCUT2D eigenvalue weighted by molar-refractivity contribution is 8.00. The fourth-order valence-electron chi connectivity index (χ4n) is 2.68. The van der Waals surface area contributed by atoms with Crippen LogP contribution in [-0.2, 0) is 11.2 Å². The molecule has 0 spiro atoms. The number of nitrogens with zero attached hydrogens (tertiary/aromatic N) is 2. The lowest BCUT2D eigenvalue weighted by molar-refractivity contribution is -0.120. The second-order valence-corrected chi connectivity index (χ2v) is 7.64. The first-order valence-corrected chi connectivity index (χ1v) is 9.89. The molecule has 27 heavy (non-hydrogen) atoms. The monoisotopic (exact) mass is 377 g/mol. The summed E-state index contributed by atoms with van der Waals surface area (Å²) in [6.07, 6.45) is 0.822. The molecule has 0 fully saturated rings. The Morgan fingerprint density at radius 1 is 1.04 bits per heavy atom. The zero-order chi connectivity index (χ0) is 19.1. The van der Waals surface area contributed by atoms with Gasteiger partial charge >= 0.3 is 0 Å². The van der Waals surface area contributed by atoms with Crippen LogP contribution in [-0.4, -0.2) is 27.7 Å². The molecule has 0 aliphatic carbocycles. The highest BCUT2D eigenvalue weighted by atomic mass is 32.2. The van der Waals surface area contributed by atoms with Crippen molar-refractivity contribution < 1.29 is 4.79 Å². The van der Waals surface area contributed by atoms with Gasteiger partial charge in [0.25, 0.3) is 0 Å². The van der Waals surface area contributed by atoms with Crippen LogP contribution in [0, 0.1) is 6.92 Å². The van der Waals surface area contributed by atoms with Crippen LogP contribution < -0.4 is 5.32 Å². The third-order valence-corrected chi connectivity index (χ3v) is 5.07. The lowest BCUT2D eigenvalue weighted by atomic mass is 10.1. The van der Waals surface area contributed by atoms with Gasteiger partial charge in [0.1, 0.15) is 0 Å². The van der Waals surface area contributed by atoms with Gasteiger partial charge in [-0.05, 0) is 31.9 Å². The zero-order valence-electron chi connectivity index (χ0n) is 15.6. The predicted octanol–water partition coefficient (Wildman–Crippen LogP) is 4.29. The number of rotatable bonds is 7. The maximum atomic E-state index is 12.4. The molecule has 0 radical (unpaired) electrons. The molecule has 5 heteroatoms. The van der Waals surface area contributed by atoms with E-state index in [9.17, 15) is 4.79 Å². The summed E-state index contributed by atoms with van der Waals surface area (Å²) in [7, 11) is 0. The van der Waals surface area contributed by atoms with Gasteiger partial charge in [-0.1, -0.05) is 72.4 Å². The molecule has 138 valence electrons.